The van der Waals surface area contributed by atoms with E-state index >= 15 is 17.6 Å². The van der Waals surface area contributed by atoms with Crippen LogP contribution >= 0.6 is 0 Å². The first kappa shape index (κ1) is 44.2. The first-order valence-corrected chi connectivity index (χ1v) is 23.5. The van der Waals surface area contributed by atoms with Crippen molar-refractivity contribution in [3.05, 3.63) is 95.1 Å². The summed E-state index contributed by atoms with van der Waals surface area (Å²) in [5, 5.41) is 0. The molecule has 0 saturated heterocycles. The molecule has 0 atom stereocenters. The van der Waals surface area contributed by atoms with Gasteiger partial charge >= 0.3 is 0 Å². The van der Waals surface area contributed by atoms with Gasteiger partial charge in [0.1, 0.15) is 23.3 Å². The van der Waals surface area contributed by atoms with Crippen molar-refractivity contribution in [3.8, 4) is 0 Å². The Kier molecular flexibility index (Phi) is 17.7. The molecular weight excluding hydrogens is 717 g/mol. The lowest BCUT2D eigenvalue weighted by Crippen LogP contribution is -2.18. The summed E-state index contributed by atoms with van der Waals surface area (Å²) in [4.78, 5) is 0. The predicted molar refractivity (Wildman–Crippen MR) is 229 cm³/mol. The topological polar surface area (TPSA) is 9.23 Å². The molecule has 0 N–H and O–H groups in total. The maximum Gasteiger partial charge on any atom is 0.129 e. The van der Waals surface area contributed by atoms with Gasteiger partial charge in [0.15, 0.2) is 0 Å². The molecule has 0 aromatic heterocycles. The third-order valence-electron chi connectivity index (χ3n) is 15.4. The number of rotatable bonds is 20. The fourth-order valence-corrected chi connectivity index (χ4v) is 11.5. The fraction of sp³-hybridized carbons (Fsp3) is 0.692. The zero-order valence-electron chi connectivity index (χ0n) is 35.2. The van der Waals surface area contributed by atoms with Crippen LogP contribution in [0.5, 0.6) is 0 Å². The Morgan fingerprint density at radius 1 is 0.421 bits per heavy atom. The van der Waals surface area contributed by atoms with Gasteiger partial charge in [-0.15, -0.1) is 13.2 Å². The minimum atomic E-state index is -0.515. The molecule has 0 aliphatic heterocycles. The largest absolute Gasteiger partial charge is 0.381 e. The normalized spacial score (nSPS) is 28.3. The molecule has 57 heavy (non-hydrogen) atoms. The highest BCUT2D eigenvalue weighted by atomic mass is 19.1. The summed E-state index contributed by atoms with van der Waals surface area (Å²) >= 11 is 0. The number of allylic oxidation sites excluding steroid dienone is 2. The van der Waals surface area contributed by atoms with E-state index in [0.29, 0.717) is 0 Å². The van der Waals surface area contributed by atoms with E-state index in [0.717, 1.165) is 111 Å². The second-order valence-corrected chi connectivity index (χ2v) is 19.1. The molecule has 0 spiro atoms. The Morgan fingerprint density at radius 2 is 0.684 bits per heavy atom. The van der Waals surface area contributed by atoms with Crippen LogP contribution in [0.4, 0.5) is 17.6 Å². The van der Waals surface area contributed by atoms with Crippen molar-refractivity contribution in [1.82, 2.24) is 0 Å². The van der Waals surface area contributed by atoms with Gasteiger partial charge in [0, 0.05) is 24.0 Å². The second-order valence-electron chi connectivity index (χ2n) is 19.1. The third kappa shape index (κ3) is 13.3. The highest BCUT2D eigenvalue weighted by Gasteiger charge is 2.28. The van der Waals surface area contributed by atoms with Crippen LogP contribution in [0.2, 0.25) is 0 Å². The zero-order valence-corrected chi connectivity index (χ0v) is 35.2. The van der Waals surface area contributed by atoms with E-state index in [2.05, 4.69) is 13.2 Å². The van der Waals surface area contributed by atoms with Crippen molar-refractivity contribution < 1.29 is 22.3 Å². The predicted octanol–water partition coefficient (Wildman–Crippen LogP) is 15.7. The molecule has 2 aromatic rings. The van der Waals surface area contributed by atoms with Gasteiger partial charge < -0.3 is 4.74 Å². The summed E-state index contributed by atoms with van der Waals surface area (Å²) in [5.41, 5.74) is 1.61. The van der Waals surface area contributed by atoms with Gasteiger partial charge in [-0.05, 0) is 160 Å². The van der Waals surface area contributed by atoms with Gasteiger partial charge in [-0.25, -0.2) is 17.6 Å². The molecule has 0 heterocycles. The van der Waals surface area contributed by atoms with Gasteiger partial charge in [0.05, 0.1) is 13.2 Å². The lowest BCUT2D eigenvalue weighted by atomic mass is 9.74. The molecule has 5 heteroatoms. The fourth-order valence-electron chi connectivity index (χ4n) is 11.5. The van der Waals surface area contributed by atoms with Crippen LogP contribution in [0.25, 0.3) is 0 Å². The summed E-state index contributed by atoms with van der Waals surface area (Å²) in [5.74, 6) is 3.35. The molecule has 4 aliphatic carbocycles. The Morgan fingerprint density at radius 3 is 0.965 bits per heavy atom. The first-order valence-electron chi connectivity index (χ1n) is 23.5. The van der Waals surface area contributed by atoms with Gasteiger partial charge in [-0.3, -0.25) is 0 Å². The van der Waals surface area contributed by atoms with Crippen molar-refractivity contribution in [1.29, 1.82) is 0 Å². The van der Waals surface area contributed by atoms with Gasteiger partial charge in [0.2, 0.25) is 0 Å². The first-order chi connectivity index (χ1) is 27.8. The van der Waals surface area contributed by atoms with E-state index in [9.17, 15) is 0 Å². The minimum Gasteiger partial charge on any atom is -0.381 e. The summed E-state index contributed by atoms with van der Waals surface area (Å²) < 4.78 is 66.5. The maximum absolute atomic E-state index is 15.2. The summed E-state index contributed by atoms with van der Waals surface area (Å²) in [6, 6.07) is 6.13. The van der Waals surface area contributed by atoms with Crippen LogP contribution in [0.3, 0.4) is 0 Å². The van der Waals surface area contributed by atoms with E-state index in [-0.39, 0.29) is 49.0 Å². The standard InChI is InChI=1S/C52H74F4O/c1-3-5-7-37-9-13-39(14-10-37)17-19-41-21-25-43(26-22-41)45-33-49(53)47(50(54)34-45)29-31-57-32-30-48-51(55)35-46(36-52(48)56)44-27-23-42(24-28-44)20-18-40-15-11-38(12-16-40)8-6-4-2/h3-4,33-44H,1-2,5-32H2. The molecule has 4 fully saturated rings. The Labute approximate surface area is 343 Å². The van der Waals surface area contributed by atoms with Crippen LogP contribution < -0.4 is 0 Å². The van der Waals surface area contributed by atoms with Gasteiger partial charge in [-0.2, -0.15) is 0 Å². The number of hydrogen-bond acceptors (Lipinski definition) is 1. The molecular formula is C52H74F4O. The number of benzene rings is 2. The molecule has 0 unspecified atom stereocenters. The monoisotopic (exact) mass is 791 g/mol. The number of halogens is 4. The third-order valence-corrected chi connectivity index (χ3v) is 15.4. The Balaban J connectivity index is 0.859. The SMILES string of the molecule is C=CCCC1CCC(CCC2CCC(c3cc(F)c(CCOCCc4c(F)cc(C5CCC(CCC6CCC(CCC=C)CC6)CC5)cc4F)c(F)c3)CC2)CC1. The maximum atomic E-state index is 15.2. The highest BCUT2D eigenvalue weighted by Crippen LogP contribution is 2.43. The van der Waals surface area contributed by atoms with Crippen molar-refractivity contribution in [2.75, 3.05) is 13.2 Å². The van der Waals surface area contributed by atoms with Crippen molar-refractivity contribution in [2.45, 2.75) is 179 Å². The van der Waals surface area contributed by atoms with E-state index < -0.39 is 23.3 Å². The molecule has 0 bridgehead atoms. The van der Waals surface area contributed by atoms with Crippen molar-refractivity contribution in [2.24, 2.45) is 35.5 Å². The summed E-state index contributed by atoms with van der Waals surface area (Å²) in [6.45, 7) is 7.93. The summed E-state index contributed by atoms with van der Waals surface area (Å²) in [7, 11) is 0. The quantitative estimate of drug-likeness (QED) is 0.0737. The molecule has 316 valence electrons. The number of ether oxygens (including phenoxy) is 1. The van der Waals surface area contributed by atoms with Crippen LogP contribution in [0.1, 0.15) is 188 Å². The molecule has 4 saturated carbocycles. The summed E-state index contributed by atoms with van der Waals surface area (Å²) in [6.07, 6.45) is 33.9. The lowest BCUT2D eigenvalue weighted by molar-refractivity contribution is 0.137. The minimum absolute atomic E-state index is 0.0325. The molecule has 0 radical (unpaired) electrons. The van der Waals surface area contributed by atoms with E-state index in [1.807, 2.05) is 12.2 Å². The van der Waals surface area contributed by atoms with Crippen LogP contribution in [-0.4, -0.2) is 13.2 Å². The van der Waals surface area contributed by atoms with E-state index in [4.69, 9.17) is 4.74 Å². The van der Waals surface area contributed by atoms with Crippen LogP contribution in [0, 0.1) is 58.8 Å². The van der Waals surface area contributed by atoms with E-state index in [1.165, 1.54) is 114 Å². The average molecular weight is 791 g/mol. The van der Waals surface area contributed by atoms with Crippen LogP contribution in [-0.2, 0) is 17.6 Å². The molecule has 6 rings (SSSR count). The number of hydrogen-bond donors (Lipinski definition) is 0. The molecule has 1 nitrogen and oxygen atoms in total. The van der Waals surface area contributed by atoms with E-state index in [1.54, 1.807) is 0 Å². The molecule has 4 aliphatic rings. The second kappa shape index (κ2) is 22.8. The van der Waals surface area contributed by atoms with Crippen molar-refractivity contribution >= 4 is 0 Å². The highest BCUT2D eigenvalue weighted by molar-refractivity contribution is 5.30. The molecule has 2 aromatic carbocycles. The average Bonchev–Trinajstić information content (AvgIpc) is 3.23. The zero-order chi connectivity index (χ0) is 40.0. The lowest BCUT2D eigenvalue weighted by Gasteiger charge is -2.32. The Hall–Kier alpha value is -2.40. The van der Waals surface area contributed by atoms with Gasteiger partial charge in [0.25, 0.3) is 0 Å². The smallest absolute Gasteiger partial charge is 0.129 e. The van der Waals surface area contributed by atoms with Gasteiger partial charge in [-0.1, -0.05) is 89.2 Å². The molecule has 0 amide bonds. The van der Waals surface area contributed by atoms with Crippen LogP contribution in [0.15, 0.2) is 49.6 Å². The van der Waals surface area contributed by atoms with Crippen molar-refractivity contribution in [3.63, 3.8) is 0 Å². The Bertz CT molecular complexity index is 1360.